The number of amides is 1. The van der Waals surface area contributed by atoms with Gasteiger partial charge in [0.15, 0.2) is 0 Å². The van der Waals surface area contributed by atoms with Crippen molar-refractivity contribution < 1.29 is 13.9 Å². The molecule has 24 heavy (non-hydrogen) atoms. The van der Waals surface area contributed by atoms with Gasteiger partial charge in [0.2, 0.25) is 11.8 Å². The third kappa shape index (κ3) is 4.66. The third-order valence-corrected chi connectivity index (χ3v) is 4.89. The Morgan fingerprint density at radius 1 is 1.42 bits per heavy atom. The molecule has 0 spiro atoms. The lowest BCUT2D eigenvalue weighted by atomic mass is 10.2. The Bertz CT molecular complexity index is 648. The molecule has 0 unspecified atom stereocenters. The van der Waals surface area contributed by atoms with Crippen LogP contribution in [0, 0.1) is 6.92 Å². The molecule has 130 valence electrons. The number of carbonyl (C=O) groups is 1. The van der Waals surface area contributed by atoms with E-state index in [0.717, 1.165) is 44.1 Å². The average Bonchev–Trinajstić information content (AvgIpc) is 3.23. The summed E-state index contributed by atoms with van der Waals surface area (Å²) in [6.07, 6.45) is 1.21. The number of hydrogen-bond acceptors (Lipinski definition) is 6. The number of rotatable bonds is 7. The molecule has 7 heteroatoms. The van der Waals surface area contributed by atoms with Gasteiger partial charge in [0.1, 0.15) is 5.76 Å². The van der Waals surface area contributed by atoms with Crippen molar-refractivity contribution in [2.75, 3.05) is 39.4 Å². The first-order valence-corrected chi connectivity index (χ1v) is 9.17. The molecule has 0 saturated carbocycles. The molecule has 0 bridgehead atoms. The van der Waals surface area contributed by atoms with E-state index in [0.29, 0.717) is 23.9 Å². The molecule has 0 aliphatic carbocycles. The summed E-state index contributed by atoms with van der Waals surface area (Å²) in [5.41, 5.74) is 0.712. The van der Waals surface area contributed by atoms with E-state index in [1.807, 2.05) is 24.4 Å². The van der Waals surface area contributed by atoms with Crippen LogP contribution in [-0.2, 0) is 16.0 Å². The average molecular weight is 349 g/mol. The van der Waals surface area contributed by atoms with Crippen molar-refractivity contribution in [2.45, 2.75) is 19.8 Å². The maximum Gasteiger partial charge on any atom is 0.236 e. The summed E-state index contributed by atoms with van der Waals surface area (Å²) in [6, 6.07) is 3.92. The van der Waals surface area contributed by atoms with Gasteiger partial charge in [0.25, 0.3) is 0 Å². The largest absolute Gasteiger partial charge is 0.440 e. The van der Waals surface area contributed by atoms with Gasteiger partial charge in [-0.2, -0.15) is 0 Å². The molecule has 2 aromatic rings. The Morgan fingerprint density at radius 3 is 3.00 bits per heavy atom. The summed E-state index contributed by atoms with van der Waals surface area (Å²) < 4.78 is 11.0. The van der Waals surface area contributed by atoms with Crippen LogP contribution in [0.25, 0.3) is 10.8 Å². The molecule has 0 atom stereocenters. The maximum atomic E-state index is 12.1. The fourth-order valence-corrected chi connectivity index (χ4v) is 3.32. The standard InChI is InChI=1S/C17H23N3O3S/c1-13-14(19-17(23-13)15-4-2-11-24-15)12-16(21)18-5-3-6-20-7-9-22-10-8-20/h2,4,11H,3,5-10,12H2,1H3,(H,18,21). The van der Waals surface area contributed by atoms with Crippen LogP contribution in [0.5, 0.6) is 0 Å². The Balaban J connectivity index is 1.41. The lowest BCUT2D eigenvalue weighted by Crippen LogP contribution is -2.38. The molecule has 1 fully saturated rings. The lowest BCUT2D eigenvalue weighted by molar-refractivity contribution is -0.120. The number of oxazole rings is 1. The number of hydrogen-bond donors (Lipinski definition) is 1. The minimum Gasteiger partial charge on any atom is -0.440 e. The number of thiophene rings is 1. The quantitative estimate of drug-likeness (QED) is 0.775. The van der Waals surface area contributed by atoms with Crippen molar-refractivity contribution in [1.82, 2.24) is 15.2 Å². The maximum absolute atomic E-state index is 12.1. The number of nitrogens with zero attached hydrogens (tertiary/aromatic N) is 2. The first-order chi connectivity index (χ1) is 11.7. The Morgan fingerprint density at radius 2 is 2.25 bits per heavy atom. The molecule has 2 aromatic heterocycles. The topological polar surface area (TPSA) is 67.6 Å². The predicted octanol–water partition coefficient (Wildman–Crippen LogP) is 2.09. The SMILES string of the molecule is Cc1oc(-c2cccs2)nc1CC(=O)NCCCN1CCOCC1. The number of aromatic nitrogens is 1. The highest BCUT2D eigenvalue weighted by Crippen LogP contribution is 2.25. The third-order valence-electron chi connectivity index (χ3n) is 4.03. The second kappa shape index (κ2) is 8.41. The lowest BCUT2D eigenvalue weighted by Gasteiger charge is -2.26. The van der Waals surface area contributed by atoms with Crippen molar-refractivity contribution in [3.05, 3.63) is 29.0 Å². The van der Waals surface area contributed by atoms with Gasteiger partial charge in [-0.3, -0.25) is 9.69 Å². The summed E-state index contributed by atoms with van der Waals surface area (Å²) in [7, 11) is 0. The van der Waals surface area contributed by atoms with E-state index < -0.39 is 0 Å². The van der Waals surface area contributed by atoms with E-state index in [4.69, 9.17) is 9.15 Å². The van der Waals surface area contributed by atoms with E-state index in [2.05, 4.69) is 15.2 Å². The molecule has 0 aromatic carbocycles. The smallest absolute Gasteiger partial charge is 0.236 e. The summed E-state index contributed by atoms with van der Waals surface area (Å²) in [6.45, 7) is 7.12. The molecular formula is C17H23N3O3S. The van der Waals surface area contributed by atoms with Crippen LogP contribution in [0.2, 0.25) is 0 Å². The second-order valence-electron chi connectivity index (χ2n) is 5.83. The van der Waals surface area contributed by atoms with E-state index in [1.165, 1.54) is 0 Å². The highest BCUT2D eigenvalue weighted by Gasteiger charge is 2.15. The zero-order valence-electron chi connectivity index (χ0n) is 13.9. The Hall–Kier alpha value is -1.70. The minimum atomic E-state index is -0.00823. The molecule has 1 saturated heterocycles. The van der Waals surface area contributed by atoms with E-state index in [-0.39, 0.29) is 12.3 Å². The fourth-order valence-electron chi connectivity index (χ4n) is 2.67. The fraction of sp³-hybridized carbons (Fsp3) is 0.529. The number of aryl methyl sites for hydroxylation is 1. The van der Waals surface area contributed by atoms with Crippen LogP contribution in [0.1, 0.15) is 17.9 Å². The molecule has 1 aliphatic heterocycles. The number of carbonyl (C=O) groups excluding carboxylic acids is 1. The zero-order chi connectivity index (χ0) is 16.8. The van der Waals surface area contributed by atoms with E-state index in [1.54, 1.807) is 11.3 Å². The Labute approximate surface area is 145 Å². The van der Waals surface area contributed by atoms with Gasteiger partial charge in [-0.05, 0) is 31.3 Å². The van der Waals surface area contributed by atoms with Crippen molar-refractivity contribution >= 4 is 17.2 Å². The van der Waals surface area contributed by atoms with Crippen molar-refractivity contribution in [3.8, 4) is 10.8 Å². The van der Waals surface area contributed by atoms with E-state index in [9.17, 15) is 4.79 Å². The van der Waals surface area contributed by atoms with Gasteiger partial charge in [-0.15, -0.1) is 11.3 Å². The highest BCUT2D eigenvalue weighted by atomic mass is 32.1. The van der Waals surface area contributed by atoms with Crippen molar-refractivity contribution in [2.24, 2.45) is 0 Å². The zero-order valence-corrected chi connectivity index (χ0v) is 14.7. The molecule has 3 rings (SSSR count). The van der Waals surface area contributed by atoms with Gasteiger partial charge in [0.05, 0.1) is 30.2 Å². The molecule has 3 heterocycles. The summed E-state index contributed by atoms with van der Waals surface area (Å²) in [4.78, 5) is 19.9. The van der Waals surface area contributed by atoms with Crippen LogP contribution in [-0.4, -0.2) is 55.2 Å². The normalized spacial score (nSPS) is 15.5. The Kier molecular flexibility index (Phi) is 6.01. The first-order valence-electron chi connectivity index (χ1n) is 8.29. The van der Waals surface area contributed by atoms with Gasteiger partial charge in [0, 0.05) is 19.6 Å². The first kappa shape index (κ1) is 17.1. The minimum absolute atomic E-state index is 0.00823. The van der Waals surface area contributed by atoms with Crippen LogP contribution < -0.4 is 5.32 Å². The van der Waals surface area contributed by atoms with Crippen molar-refractivity contribution in [3.63, 3.8) is 0 Å². The van der Waals surface area contributed by atoms with E-state index >= 15 is 0 Å². The van der Waals surface area contributed by atoms with Gasteiger partial charge in [-0.25, -0.2) is 4.98 Å². The highest BCUT2D eigenvalue weighted by molar-refractivity contribution is 7.13. The summed E-state index contributed by atoms with van der Waals surface area (Å²) in [5, 5.41) is 4.95. The van der Waals surface area contributed by atoms with Crippen molar-refractivity contribution in [1.29, 1.82) is 0 Å². The number of nitrogens with one attached hydrogen (secondary N) is 1. The van der Waals surface area contributed by atoms with Crippen LogP contribution >= 0.6 is 11.3 Å². The summed E-state index contributed by atoms with van der Waals surface area (Å²) in [5.74, 6) is 1.30. The second-order valence-corrected chi connectivity index (χ2v) is 6.78. The molecule has 6 nitrogen and oxygen atoms in total. The molecule has 0 radical (unpaired) electrons. The van der Waals surface area contributed by atoms with Gasteiger partial charge in [-0.1, -0.05) is 6.07 Å². The number of ether oxygens (including phenoxy) is 1. The van der Waals surface area contributed by atoms with Crippen LogP contribution in [0.15, 0.2) is 21.9 Å². The molecular weight excluding hydrogens is 326 g/mol. The summed E-state index contributed by atoms with van der Waals surface area (Å²) >= 11 is 1.58. The molecule has 1 aliphatic rings. The van der Waals surface area contributed by atoms with Gasteiger partial charge >= 0.3 is 0 Å². The monoisotopic (exact) mass is 349 g/mol. The molecule has 1 amide bonds. The van der Waals surface area contributed by atoms with Crippen LogP contribution in [0.3, 0.4) is 0 Å². The van der Waals surface area contributed by atoms with Crippen LogP contribution in [0.4, 0.5) is 0 Å². The predicted molar refractivity (Wildman–Crippen MR) is 93.1 cm³/mol. The number of morpholine rings is 1. The van der Waals surface area contributed by atoms with Gasteiger partial charge < -0.3 is 14.5 Å². The molecule has 1 N–H and O–H groups in total.